The Morgan fingerprint density at radius 3 is 2.52 bits per heavy atom. The van der Waals surface area contributed by atoms with E-state index >= 15 is 0 Å². The standard InChI is InChI=1S/C19H26F3NOS/c1-3-15(11-8-12-23-18(24)19(20,21)22)13-17(4-2)25-14-16-9-6-5-7-10-16/h3-4,8,11,13,16H,1,5-7,9-10,12,14H2,2H3,(H,23,24)/b11-8+,15-13+,17-4+. The van der Waals surface area contributed by atoms with E-state index in [4.69, 9.17) is 0 Å². The summed E-state index contributed by atoms with van der Waals surface area (Å²) in [5, 5.41) is 1.81. The van der Waals surface area contributed by atoms with Gasteiger partial charge in [0, 0.05) is 17.2 Å². The molecule has 1 fully saturated rings. The van der Waals surface area contributed by atoms with E-state index in [0.717, 1.165) is 22.1 Å². The van der Waals surface area contributed by atoms with Crippen LogP contribution in [0, 0.1) is 5.92 Å². The molecule has 0 unspecified atom stereocenters. The molecule has 0 spiro atoms. The minimum absolute atomic E-state index is 0.177. The number of thioether (sulfide) groups is 1. The molecule has 0 saturated heterocycles. The molecule has 0 atom stereocenters. The average Bonchev–Trinajstić information content (AvgIpc) is 2.60. The fourth-order valence-corrected chi connectivity index (χ4v) is 3.71. The Morgan fingerprint density at radius 2 is 1.96 bits per heavy atom. The Balaban J connectivity index is 2.50. The molecule has 0 aromatic rings. The Kier molecular flexibility index (Phi) is 9.71. The average molecular weight is 373 g/mol. The Bertz CT molecular complexity index is 529. The van der Waals surface area contributed by atoms with Crippen LogP contribution in [0.4, 0.5) is 13.2 Å². The lowest BCUT2D eigenvalue weighted by atomic mass is 9.91. The third-order valence-electron chi connectivity index (χ3n) is 3.99. The number of halogens is 3. The number of alkyl halides is 3. The van der Waals surface area contributed by atoms with Crippen LogP contribution in [-0.4, -0.2) is 24.4 Å². The predicted molar refractivity (Wildman–Crippen MR) is 99.3 cm³/mol. The molecule has 0 aromatic heterocycles. The molecule has 1 N–H and O–H groups in total. The summed E-state index contributed by atoms with van der Waals surface area (Å²) in [6.07, 6.45) is 10.5. The van der Waals surface area contributed by atoms with Crippen molar-refractivity contribution in [3.63, 3.8) is 0 Å². The van der Waals surface area contributed by atoms with Crippen molar-refractivity contribution in [2.24, 2.45) is 5.92 Å². The normalized spacial score (nSPS) is 17.8. The predicted octanol–water partition coefficient (Wildman–Crippen LogP) is 5.55. The molecule has 0 aromatic carbocycles. The first-order chi connectivity index (χ1) is 11.9. The molecule has 0 heterocycles. The van der Waals surface area contributed by atoms with Crippen molar-refractivity contribution < 1.29 is 18.0 Å². The lowest BCUT2D eigenvalue weighted by Gasteiger charge is -2.21. The van der Waals surface area contributed by atoms with E-state index in [9.17, 15) is 18.0 Å². The van der Waals surface area contributed by atoms with Gasteiger partial charge in [-0.15, -0.1) is 11.8 Å². The van der Waals surface area contributed by atoms with Gasteiger partial charge in [-0.05, 0) is 37.3 Å². The molecule has 0 aliphatic heterocycles. The van der Waals surface area contributed by atoms with Gasteiger partial charge in [0.25, 0.3) is 0 Å². The molecule has 6 heteroatoms. The molecule has 25 heavy (non-hydrogen) atoms. The fraction of sp³-hybridized carbons (Fsp3) is 0.526. The zero-order valence-corrected chi connectivity index (χ0v) is 15.4. The van der Waals surface area contributed by atoms with Crippen molar-refractivity contribution in [3.8, 4) is 0 Å². The molecule has 1 rings (SSSR count). The number of carbonyl (C=O) groups excluding carboxylic acids is 1. The zero-order valence-electron chi connectivity index (χ0n) is 14.6. The zero-order chi connectivity index (χ0) is 18.7. The summed E-state index contributed by atoms with van der Waals surface area (Å²) < 4.78 is 36.2. The van der Waals surface area contributed by atoms with Crippen molar-refractivity contribution >= 4 is 17.7 Å². The van der Waals surface area contributed by atoms with Gasteiger partial charge in [0.05, 0.1) is 0 Å². The van der Waals surface area contributed by atoms with Gasteiger partial charge in [0.2, 0.25) is 0 Å². The van der Waals surface area contributed by atoms with Crippen molar-refractivity contribution in [1.29, 1.82) is 0 Å². The molecule has 0 bridgehead atoms. The van der Waals surface area contributed by atoms with Crippen LogP contribution in [0.3, 0.4) is 0 Å². The van der Waals surface area contributed by atoms with Crippen LogP contribution >= 0.6 is 11.8 Å². The largest absolute Gasteiger partial charge is 0.471 e. The van der Waals surface area contributed by atoms with E-state index in [0.29, 0.717) is 0 Å². The molecular formula is C19H26F3NOS. The van der Waals surface area contributed by atoms with Crippen LogP contribution in [0.15, 0.2) is 47.4 Å². The Hall–Kier alpha value is -1.43. The minimum atomic E-state index is -4.85. The lowest BCUT2D eigenvalue weighted by molar-refractivity contribution is -0.173. The molecule has 1 aliphatic rings. The van der Waals surface area contributed by atoms with Gasteiger partial charge in [-0.1, -0.05) is 50.1 Å². The van der Waals surface area contributed by atoms with Crippen molar-refractivity contribution in [1.82, 2.24) is 5.32 Å². The smallest absolute Gasteiger partial charge is 0.345 e. The third-order valence-corrected chi connectivity index (χ3v) is 5.31. The molecule has 2 nitrogen and oxygen atoms in total. The highest BCUT2D eigenvalue weighted by molar-refractivity contribution is 8.03. The number of allylic oxidation sites excluding steroid dienone is 5. The van der Waals surface area contributed by atoms with Crippen molar-refractivity contribution in [2.75, 3.05) is 12.3 Å². The number of rotatable bonds is 8. The molecular weight excluding hydrogens is 347 g/mol. The second-order valence-corrected chi connectivity index (χ2v) is 7.06. The maximum atomic E-state index is 12.1. The molecule has 1 saturated carbocycles. The fourth-order valence-electron chi connectivity index (χ4n) is 2.56. The first-order valence-electron chi connectivity index (χ1n) is 8.51. The first kappa shape index (κ1) is 21.6. The highest BCUT2D eigenvalue weighted by Gasteiger charge is 2.37. The summed E-state index contributed by atoms with van der Waals surface area (Å²) in [4.78, 5) is 11.8. The maximum Gasteiger partial charge on any atom is 0.471 e. The van der Waals surface area contributed by atoms with Crippen molar-refractivity contribution in [2.45, 2.75) is 45.2 Å². The van der Waals surface area contributed by atoms with Crippen LogP contribution in [0.25, 0.3) is 0 Å². The number of amides is 1. The van der Waals surface area contributed by atoms with Gasteiger partial charge < -0.3 is 5.32 Å². The van der Waals surface area contributed by atoms with Gasteiger partial charge in [0.15, 0.2) is 0 Å². The minimum Gasteiger partial charge on any atom is -0.345 e. The summed E-state index contributed by atoms with van der Waals surface area (Å²) in [5.41, 5.74) is 0.797. The summed E-state index contributed by atoms with van der Waals surface area (Å²) in [6.45, 7) is 5.52. The van der Waals surface area contributed by atoms with Gasteiger partial charge in [-0.3, -0.25) is 4.79 Å². The van der Waals surface area contributed by atoms with E-state index in [1.807, 2.05) is 19.1 Å². The van der Waals surface area contributed by atoms with Crippen LogP contribution < -0.4 is 5.32 Å². The second kappa shape index (κ2) is 11.2. The summed E-state index contributed by atoms with van der Waals surface area (Å²) in [7, 11) is 0. The van der Waals surface area contributed by atoms with Crippen LogP contribution in [0.5, 0.6) is 0 Å². The van der Waals surface area contributed by atoms with Gasteiger partial charge in [0.1, 0.15) is 0 Å². The van der Waals surface area contributed by atoms with Gasteiger partial charge in [-0.2, -0.15) is 13.2 Å². The second-order valence-electron chi connectivity index (χ2n) is 5.96. The Labute approximate surface area is 152 Å². The summed E-state index contributed by atoms with van der Waals surface area (Å²) in [5.74, 6) is -0.0766. The maximum absolute atomic E-state index is 12.1. The van der Waals surface area contributed by atoms with E-state index in [1.165, 1.54) is 38.2 Å². The highest BCUT2D eigenvalue weighted by atomic mass is 32.2. The first-order valence-corrected chi connectivity index (χ1v) is 9.50. The van der Waals surface area contributed by atoms with Gasteiger partial charge in [-0.25, -0.2) is 0 Å². The number of carbonyl (C=O) groups is 1. The van der Waals surface area contributed by atoms with Crippen LogP contribution in [-0.2, 0) is 4.79 Å². The highest BCUT2D eigenvalue weighted by Crippen LogP contribution is 2.30. The van der Waals surface area contributed by atoms with E-state index in [2.05, 4.69) is 6.58 Å². The van der Waals surface area contributed by atoms with E-state index in [1.54, 1.807) is 29.2 Å². The van der Waals surface area contributed by atoms with Crippen LogP contribution in [0.1, 0.15) is 39.0 Å². The molecule has 1 amide bonds. The third kappa shape index (κ3) is 9.00. The van der Waals surface area contributed by atoms with E-state index < -0.39 is 12.1 Å². The number of hydrogen-bond acceptors (Lipinski definition) is 2. The number of nitrogens with one attached hydrogen (secondary N) is 1. The van der Waals surface area contributed by atoms with Crippen LogP contribution in [0.2, 0.25) is 0 Å². The quantitative estimate of drug-likeness (QED) is 0.565. The Morgan fingerprint density at radius 1 is 1.28 bits per heavy atom. The molecule has 1 aliphatic carbocycles. The SMILES string of the molecule is C=CC(/C=C/CNC(=O)C(F)(F)F)=C\C(=C/C)SCC1CCCCC1. The van der Waals surface area contributed by atoms with Gasteiger partial charge >= 0.3 is 12.1 Å². The summed E-state index contributed by atoms with van der Waals surface area (Å²) >= 11 is 1.80. The lowest BCUT2D eigenvalue weighted by Crippen LogP contribution is -2.36. The van der Waals surface area contributed by atoms with E-state index in [-0.39, 0.29) is 6.54 Å². The number of hydrogen-bond donors (Lipinski definition) is 1. The summed E-state index contributed by atoms with van der Waals surface area (Å²) in [6, 6.07) is 0. The molecule has 0 radical (unpaired) electrons. The monoisotopic (exact) mass is 373 g/mol. The molecule has 140 valence electrons. The topological polar surface area (TPSA) is 29.1 Å². The van der Waals surface area contributed by atoms with Crippen molar-refractivity contribution in [3.05, 3.63) is 47.4 Å².